The molecule has 2 amide bonds. The number of phenols is 1. The van der Waals surface area contributed by atoms with E-state index in [0.717, 1.165) is 5.56 Å². The molecule has 0 heterocycles. The van der Waals surface area contributed by atoms with E-state index in [1.807, 2.05) is 6.92 Å². The van der Waals surface area contributed by atoms with Gasteiger partial charge in [0.15, 0.2) is 0 Å². The maximum Gasteiger partial charge on any atom is 0.273 e. The Morgan fingerprint density at radius 2 is 1.93 bits per heavy atom. The molecule has 2 rings (SSSR count). The van der Waals surface area contributed by atoms with E-state index >= 15 is 0 Å². The number of hydrogen-bond acceptors (Lipinski definition) is 5. The third-order valence-electron chi connectivity index (χ3n) is 3.71. The van der Waals surface area contributed by atoms with Crippen LogP contribution >= 0.6 is 11.6 Å². The van der Waals surface area contributed by atoms with Crippen LogP contribution in [0.15, 0.2) is 36.4 Å². The van der Waals surface area contributed by atoms with Crippen molar-refractivity contribution in [3.8, 4) is 17.2 Å². The molecule has 0 radical (unpaired) electrons. The molecule has 0 fully saturated rings. The molecule has 27 heavy (non-hydrogen) atoms. The van der Waals surface area contributed by atoms with E-state index in [1.54, 1.807) is 18.2 Å². The predicted octanol–water partition coefficient (Wildman–Crippen LogP) is 2.98. The summed E-state index contributed by atoms with van der Waals surface area (Å²) >= 11 is 5.88. The van der Waals surface area contributed by atoms with E-state index in [2.05, 4.69) is 10.9 Å². The monoisotopic (exact) mass is 392 g/mol. The summed E-state index contributed by atoms with van der Waals surface area (Å²) in [5.74, 6) is -0.107. The first-order valence-corrected chi connectivity index (χ1v) is 8.63. The van der Waals surface area contributed by atoms with E-state index in [-0.39, 0.29) is 23.6 Å². The van der Waals surface area contributed by atoms with Crippen molar-refractivity contribution in [1.82, 2.24) is 10.9 Å². The maximum absolute atomic E-state index is 12.0. The van der Waals surface area contributed by atoms with Crippen LogP contribution in [0.2, 0.25) is 5.02 Å². The zero-order valence-electron chi connectivity index (χ0n) is 15.0. The first-order chi connectivity index (χ1) is 12.9. The van der Waals surface area contributed by atoms with Crippen molar-refractivity contribution < 1.29 is 24.2 Å². The summed E-state index contributed by atoms with van der Waals surface area (Å²) in [6, 6.07) is 9.56. The first kappa shape index (κ1) is 20.4. The molecule has 8 heteroatoms. The molecule has 0 spiro atoms. The highest BCUT2D eigenvalue weighted by Crippen LogP contribution is 2.23. The lowest BCUT2D eigenvalue weighted by Crippen LogP contribution is -2.41. The lowest BCUT2D eigenvalue weighted by molar-refractivity contribution is -0.122. The first-order valence-electron chi connectivity index (χ1n) is 8.26. The number of hydrogen-bond donors (Lipinski definition) is 3. The van der Waals surface area contributed by atoms with Gasteiger partial charge < -0.3 is 14.6 Å². The average Bonchev–Trinajstić information content (AvgIpc) is 2.64. The Bertz CT molecular complexity index is 826. The number of halogens is 1. The Hall–Kier alpha value is -2.93. The van der Waals surface area contributed by atoms with Crippen LogP contribution in [-0.4, -0.2) is 30.6 Å². The molecule has 2 aromatic rings. The third-order valence-corrected chi connectivity index (χ3v) is 3.94. The van der Waals surface area contributed by atoms with Crippen molar-refractivity contribution in [2.75, 3.05) is 13.7 Å². The number of aryl methyl sites for hydroxylation is 1. The number of amides is 2. The second-order valence-electron chi connectivity index (χ2n) is 5.75. The number of rotatable bonds is 7. The minimum Gasteiger partial charge on any atom is -0.507 e. The number of carbonyl (C=O) groups is 2. The van der Waals surface area contributed by atoms with Crippen molar-refractivity contribution in [2.45, 2.75) is 19.8 Å². The van der Waals surface area contributed by atoms with Crippen LogP contribution in [0.3, 0.4) is 0 Å². The predicted molar refractivity (Wildman–Crippen MR) is 101 cm³/mol. The van der Waals surface area contributed by atoms with E-state index in [1.165, 1.54) is 25.3 Å². The van der Waals surface area contributed by atoms with Gasteiger partial charge >= 0.3 is 0 Å². The lowest BCUT2D eigenvalue weighted by atomic mass is 10.2. The summed E-state index contributed by atoms with van der Waals surface area (Å²) in [6.45, 7) is 2.24. The smallest absolute Gasteiger partial charge is 0.273 e. The van der Waals surface area contributed by atoms with Gasteiger partial charge in [-0.15, -0.1) is 0 Å². The van der Waals surface area contributed by atoms with E-state index in [9.17, 15) is 14.7 Å². The third kappa shape index (κ3) is 6.07. The summed E-state index contributed by atoms with van der Waals surface area (Å²) in [5.41, 5.74) is 5.50. The minimum atomic E-state index is -0.628. The highest BCUT2D eigenvalue weighted by molar-refractivity contribution is 6.30. The van der Waals surface area contributed by atoms with Crippen LogP contribution in [0.25, 0.3) is 0 Å². The van der Waals surface area contributed by atoms with Gasteiger partial charge in [-0.1, -0.05) is 11.6 Å². The number of methoxy groups -OCH3 is 1. The van der Waals surface area contributed by atoms with Gasteiger partial charge in [0.05, 0.1) is 19.3 Å². The average molecular weight is 393 g/mol. The van der Waals surface area contributed by atoms with Gasteiger partial charge in [-0.3, -0.25) is 20.4 Å². The number of phenolic OH excluding ortho intramolecular Hbond substituents is 1. The van der Waals surface area contributed by atoms with Crippen LogP contribution in [-0.2, 0) is 4.79 Å². The van der Waals surface area contributed by atoms with Gasteiger partial charge in [0.2, 0.25) is 5.91 Å². The number of nitrogens with one attached hydrogen (secondary N) is 2. The Morgan fingerprint density at radius 3 is 2.59 bits per heavy atom. The van der Waals surface area contributed by atoms with E-state index < -0.39 is 5.91 Å². The standard InChI is InChI=1S/C19H21ClN2O5/c1-12-10-13(20)5-8-17(12)27-9-3-4-18(24)21-22-19(25)15-7-6-14(26-2)11-16(15)23/h5-8,10-11,23H,3-4,9H2,1-2H3,(H,21,24)(H,22,25). The molecule has 0 aromatic heterocycles. The van der Waals surface area contributed by atoms with Crippen LogP contribution in [0, 0.1) is 6.92 Å². The summed E-state index contributed by atoms with van der Waals surface area (Å²) in [4.78, 5) is 23.8. The van der Waals surface area contributed by atoms with Gasteiger partial charge in [0.1, 0.15) is 17.2 Å². The second-order valence-corrected chi connectivity index (χ2v) is 6.18. The fraction of sp³-hybridized carbons (Fsp3) is 0.263. The molecule has 0 aliphatic carbocycles. The summed E-state index contributed by atoms with van der Waals surface area (Å²) < 4.78 is 10.6. The molecule has 0 unspecified atom stereocenters. The fourth-order valence-electron chi connectivity index (χ4n) is 2.28. The summed E-state index contributed by atoms with van der Waals surface area (Å²) in [5, 5.41) is 10.4. The molecule has 0 aliphatic heterocycles. The van der Waals surface area contributed by atoms with Gasteiger partial charge in [-0.25, -0.2) is 0 Å². The van der Waals surface area contributed by atoms with Crippen molar-refractivity contribution in [3.05, 3.63) is 52.5 Å². The van der Waals surface area contributed by atoms with Gasteiger partial charge in [0, 0.05) is 17.5 Å². The van der Waals surface area contributed by atoms with Crippen LogP contribution < -0.4 is 20.3 Å². The SMILES string of the molecule is COc1ccc(C(=O)NNC(=O)CCCOc2ccc(Cl)cc2C)c(O)c1. The Labute approximate surface area is 162 Å². The number of aromatic hydroxyl groups is 1. The molecule has 7 nitrogen and oxygen atoms in total. The second kappa shape index (κ2) is 9.68. The van der Waals surface area contributed by atoms with Crippen molar-refractivity contribution in [2.24, 2.45) is 0 Å². The number of hydrazine groups is 1. The molecule has 2 aromatic carbocycles. The highest BCUT2D eigenvalue weighted by atomic mass is 35.5. The topological polar surface area (TPSA) is 96.9 Å². The Morgan fingerprint density at radius 1 is 1.15 bits per heavy atom. The summed E-state index contributed by atoms with van der Waals surface area (Å²) in [6.07, 6.45) is 0.638. The maximum atomic E-state index is 12.0. The fourth-order valence-corrected chi connectivity index (χ4v) is 2.50. The van der Waals surface area contributed by atoms with Crippen molar-refractivity contribution >= 4 is 23.4 Å². The normalized spacial score (nSPS) is 10.2. The lowest BCUT2D eigenvalue weighted by Gasteiger charge is -2.11. The number of carbonyl (C=O) groups excluding carboxylic acids is 2. The van der Waals surface area contributed by atoms with Crippen LogP contribution in [0.4, 0.5) is 0 Å². The van der Waals surface area contributed by atoms with Gasteiger partial charge in [-0.05, 0) is 49.2 Å². The molecule has 0 saturated carbocycles. The van der Waals surface area contributed by atoms with E-state index in [4.69, 9.17) is 21.1 Å². The quantitative estimate of drug-likeness (QED) is 0.497. The van der Waals surface area contributed by atoms with Gasteiger partial charge in [0.25, 0.3) is 5.91 Å². The zero-order chi connectivity index (χ0) is 19.8. The molecule has 3 N–H and O–H groups in total. The minimum absolute atomic E-state index is 0.0256. The summed E-state index contributed by atoms with van der Waals surface area (Å²) in [7, 11) is 1.45. The Balaban J connectivity index is 1.72. The van der Waals surface area contributed by atoms with Crippen LogP contribution in [0.5, 0.6) is 17.2 Å². The number of benzene rings is 2. The zero-order valence-corrected chi connectivity index (χ0v) is 15.8. The molecular weight excluding hydrogens is 372 g/mol. The highest BCUT2D eigenvalue weighted by Gasteiger charge is 2.13. The van der Waals surface area contributed by atoms with E-state index in [0.29, 0.717) is 29.5 Å². The number of ether oxygens (including phenoxy) is 2. The van der Waals surface area contributed by atoms with Gasteiger partial charge in [-0.2, -0.15) is 0 Å². The molecule has 0 aliphatic rings. The largest absolute Gasteiger partial charge is 0.507 e. The van der Waals surface area contributed by atoms with Crippen molar-refractivity contribution in [1.29, 1.82) is 0 Å². The van der Waals surface area contributed by atoms with Crippen LogP contribution in [0.1, 0.15) is 28.8 Å². The van der Waals surface area contributed by atoms with Crippen molar-refractivity contribution in [3.63, 3.8) is 0 Å². The Kier molecular flexibility index (Phi) is 7.31. The molecule has 0 saturated heterocycles. The molecule has 144 valence electrons. The molecule has 0 bridgehead atoms. The molecule has 0 atom stereocenters. The molecular formula is C19H21ClN2O5.